The van der Waals surface area contributed by atoms with Crippen molar-refractivity contribution < 1.29 is 18.8 Å². The number of benzene rings is 1. The van der Waals surface area contributed by atoms with E-state index < -0.39 is 0 Å². The van der Waals surface area contributed by atoms with Crippen molar-refractivity contribution in [3.05, 3.63) is 30.0 Å². The summed E-state index contributed by atoms with van der Waals surface area (Å²) in [4.78, 5) is 14.2. The van der Waals surface area contributed by atoms with Gasteiger partial charge < -0.3 is 24.2 Å². The number of methoxy groups -OCH3 is 2. The minimum Gasteiger partial charge on any atom is -0.497 e. The summed E-state index contributed by atoms with van der Waals surface area (Å²) in [5.74, 6) is 2.26. The number of aromatic nitrogens is 1. The number of amides is 2. The van der Waals surface area contributed by atoms with Crippen molar-refractivity contribution in [3.8, 4) is 22.8 Å². The van der Waals surface area contributed by atoms with Gasteiger partial charge in [0.15, 0.2) is 5.76 Å². The molecule has 0 radical (unpaired) electrons. The predicted molar refractivity (Wildman–Crippen MR) is 104 cm³/mol. The Balaban J connectivity index is 2.21. The van der Waals surface area contributed by atoms with Gasteiger partial charge in [0, 0.05) is 24.7 Å². The van der Waals surface area contributed by atoms with Crippen molar-refractivity contribution in [2.45, 2.75) is 40.3 Å². The van der Waals surface area contributed by atoms with E-state index in [4.69, 9.17) is 14.0 Å². The number of carbonyl (C=O) groups excluding carboxylic acids is 1. The second kappa shape index (κ2) is 9.30. The van der Waals surface area contributed by atoms with E-state index >= 15 is 0 Å². The zero-order valence-corrected chi connectivity index (χ0v) is 16.9. The van der Waals surface area contributed by atoms with Crippen LogP contribution in [-0.4, -0.2) is 42.9 Å². The quantitative estimate of drug-likeness (QED) is 0.756. The Morgan fingerprint density at radius 2 is 1.93 bits per heavy atom. The molecule has 148 valence electrons. The molecule has 1 aromatic carbocycles. The highest BCUT2D eigenvalue weighted by Crippen LogP contribution is 2.33. The number of rotatable bonds is 8. The molecule has 1 heterocycles. The highest BCUT2D eigenvalue weighted by molar-refractivity contribution is 5.74. The maximum atomic E-state index is 12.5. The van der Waals surface area contributed by atoms with Gasteiger partial charge in [0.2, 0.25) is 0 Å². The monoisotopic (exact) mass is 375 g/mol. The first kappa shape index (κ1) is 20.6. The van der Waals surface area contributed by atoms with Gasteiger partial charge in [-0.2, -0.15) is 0 Å². The van der Waals surface area contributed by atoms with Gasteiger partial charge in [-0.25, -0.2) is 4.79 Å². The molecule has 0 aliphatic carbocycles. The molecule has 2 rings (SSSR count). The first-order chi connectivity index (χ1) is 12.8. The Hall–Kier alpha value is -2.70. The van der Waals surface area contributed by atoms with Crippen molar-refractivity contribution >= 4 is 6.03 Å². The number of nitrogens with zero attached hydrogens (tertiary/aromatic N) is 2. The van der Waals surface area contributed by atoms with Crippen molar-refractivity contribution in [2.24, 2.45) is 5.92 Å². The molecule has 0 atom stereocenters. The van der Waals surface area contributed by atoms with Crippen molar-refractivity contribution in [1.82, 2.24) is 15.4 Å². The summed E-state index contributed by atoms with van der Waals surface area (Å²) in [5.41, 5.74) is 1.46. The Kier molecular flexibility index (Phi) is 7.10. The second-order valence-corrected chi connectivity index (χ2v) is 7.13. The van der Waals surface area contributed by atoms with Crippen LogP contribution in [0, 0.1) is 5.92 Å². The predicted octanol–water partition coefficient (Wildman–Crippen LogP) is 3.93. The fourth-order valence-electron chi connectivity index (χ4n) is 2.71. The van der Waals surface area contributed by atoms with Crippen LogP contribution in [0.4, 0.5) is 4.79 Å². The summed E-state index contributed by atoms with van der Waals surface area (Å²) < 4.78 is 16.2. The van der Waals surface area contributed by atoms with E-state index in [0.29, 0.717) is 42.0 Å². The van der Waals surface area contributed by atoms with Gasteiger partial charge in [0.1, 0.15) is 17.2 Å². The Bertz CT molecular complexity index is 755. The zero-order chi connectivity index (χ0) is 20.0. The average Bonchev–Trinajstić information content (AvgIpc) is 3.07. The lowest BCUT2D eigenvalue weighted by Gasteiger charge is -2.25. The number of hydrogen-bond donors (Lipinski definition) is 1. The third-order valence-corrected chi connectivity index (χ3v) is 3.87. The van der Waals surface area contributed by atoms with Gasteiger partial charge in [-0.3, -0.25) is 0 Å². The van der Waals surface area contributed by atoms with Crippen LogP contribution in [0.2, 0.25) is 0 Å². The number of ether oxygens (including phenoxy) is 2. The van der Waals surface area contributed by atoms with E-state index in [0.717, 1.165) is 5.56 Å². The van der Waals surface area contributed by atoms with Crippen LogP contribution in [0.5, 0.6) is 11.5 Å². The summed E-state index contributed by atoms with van der Waals surface area (Å²) in [6.45, 7) is 9.04. The highest BCUT2D eigenvalue weighted by Gasteiger charge is 2.19. The molecule has 7 heteroatoms. The molecule has 0 bridgehead atoms. The van der Waals surface area contributed by atoms with E-state index in [2.05, 4.69) is 24.3 Å². The minimum absolute atomic E-state index is 0.0728. The van der Waals surface area contributed by atoms with E-state index in [1.165, 1.54) is 0 Å². The fraction of sp³-hybridized carbons (Fsp3) is 0.500. The third kappa shape index (κ3) is 5.64. The van der Waals surface area contributed by atoms with Crippen LogP contribution in [0.25, 0.3) is 11.3 Å². The lowest BCUT2D eigenvalue weighted by Crippen LogP contribution is -2.44. The molecule has 0 spiro atoms. The molecular weight excluding hydrogens is 346 g/mol. The van der Waals surface area contributed by atoms with Crippen LogP contribution in [0.3, 0.4) is 0 Å². The molecule has 0 aliphatic heterocycles. The van der Waals surface area contributed by atoms with Crippen molar-refractivity contribution in [3.63, 3.8) is 0 Å². The SMILES string of the molecule is COc1ccc(-c2cc(CN(CC(C)C)C(=O)NC(C)C)no2)c(OC)c1. The summed E-state index contributed by atoms with van der Waals surface area (Å²) in [6, 6.07) is 7.29. The average molecular weight is 375 g/mol. The molecule has 1 aromatic heterocycles. The molecule has 0 aliphatic rings. The Morgan fingerprint density at radius 1 is 1.19 bits per heavy atom. The number of nitrogens with one attached hydrogen (secondary N) is 1. The van der Waals surface area contributed by atoms with Gasteiger partial charge in [-0.1, -0.05) is 19.0 Å². The topological polar surface area (TPSA) is 76.8 Å². The van der Waals surface area contributed by atoms with E-state index in [-0.39, 0.29) is 12.1 Å². The van der Waals surface area contributed by atoms with Gasteiger partial charge in [0.05, 0.1) is 26.3 Å². The van der Waals surface area contributed by atoms with Gasteiger partial charge in [-0.05, 0) is 31.9 Å². The van der Waals surface area contributed by atoms with Gasteiger partial charge in [-0.15, -0.1) is 0 Å². The molecule has 0 saturated carbocycles. The number of carbonyl (C=O) groups is 1. The van der Waals surface area contributed by atoms with Gasteiger partial charge in [0.25, 0.3) is 0 Å². The first-order valence-electron chi connectivity index (χ1n) is 9.07. The van der Waals surface area contributed by atoms with E-state index in [1.54, 1.807) is 25.2 Å². The first-order valence-corrected chi connectivity index (χ1v) is 9.07. The Morgan fingerprint density at radius 3 is 2.52 bits per heavy atom. The standard InChI is InChI=1S/C20H29N3O4/c1-13(2)11-23(20(24)21-14(3)4)12-15-9-19(27-22-15)17-8-7-16(25-5)10-18(17)26-6/h7-10,13-14H,11-12H2,1-6H3,(H,21,24). The third-order valence-electron chi connectivity index (χ3n) is 3.87. The van der Waals surface area contributed by atoms with Crippen LogP contribution < -0.4 is 14.8 Å². The maximum Gasteiger partial charge on any atom is 0.317 e. The number of urea groups is 1. The summed E-state index contributed by atoms with van der Waals surface area (Å²) in [7, 11) is 3.20. The molecule has 27 heavy (non-hydrogen) atoms. The van der Waals surface area contributed by atoms with E-state index in [9.17, 15) is 4.79 Å². The zero-order valence-electron chi connectivity index (χ0n) is 16.9. The second-order valence-electron chi connectivity index (χ2n) is 7.13. The number of hydrogen-bond acceptors (Lipinski definition) is 5. The van der Waals surface area contributed by atoms with Crippen LogP contribution in [0.1, 0.15) is 33.4 Å². The molecule has 2 amide bonds. The summed E-state index contributed by atoms with van der Waals surface area (Å²) in [6.07, 6.45) is 0. The molecule has 1 N–H and O–H groups in total. The molecule has 7 nitrogen and oxygen atoms in total. The minimum atomic E-state index is -0.106. The molecule has 2 aromatic rings. The maximum absolute atomic E-state index is 12.5. The van der Waals surface area contributed by atoms with Crippen molar-refractivity contribution in [2.75, 3.05) is 20.8 Å². The highest BCUT2D eigenvalue weighted by atomic mass is 16.5. The van der Waals surface area contributed by atoms with Gasteiger partial charge >= 0.3 is 6.03 Å². The van der Waals surface area contributed by atoms with Crippen LogP contribution in [0.15, 0.2) is 28.8 Å². The largest absolute Gasteiger partial charge is 0.497 e. The fourth-order valence-corrected chi connectivity index (χ4v) is 2.71. The summed E-state index contributed by atoms with van der Waals surface area (Å²) >= 11 is 0. The molecule has 0 unspecified atom stereocenters. The summed E-state index contributed by atoms with van der Waals surface area (Å²) in [5, 5.41) is 7.07. The normalized spacial score (nSPS) is 11.0. The molecule has 0 saturated heterocycles. The lowest BCUT2D eigenvalue weighted by atomic mass is 10.1. The van der Waals surface area contributed by atoms with Crippen LogP contribution >= 0.6 is 0 Å². The lowest BCUT2D eigenvalue weighted by molar-refractivity contribution is 0.183. The molecule has 0 fully saturated rings. The molecular formula is C20H29N3O4. The van der Waals surface area contributed by atoms with Crippen LogP contribution in [-0.2, 0) is 6.54 Å². The van der Waals surface area contributed by atoms with E-state index in [1.807, 2.05) is 32.0 Å². The smallest absolute Gasteiger partial charge is 0.317 e. The van der Waals surface area contributed by atoms with Crippen molar-refractivity contribution in [1.29, 1.82) is 0 Å². The Labute approximate surface area is 160 Å².